The predicted molar refractivity (Wildman–Crippen MR) is 76.3 cm³/mol. The highest BCUT2D eigenvalue weighted by molar-refractivity contribution is 5.85. The topological polar surface area (TPSA) is 38.9 Å². The van der Waals surface area contributed by atoms with Crippen molar-refractivity contribution in [3.63, 3.8) is 0 Å². The summed E-state index contributed by atoms with van der Waals surface area (Å²) in [6.45, 7) is 2.01. The van der Waals surface area contributed by atoms with Gasteiger partial charge < -0.3 is 5.73 Å². The van der Waals surface area contributed by atoms with Crippen LogP contribution in [-0.4, -0.2) is 4.98 Å². The predicted octanol–water partition coefficient (Wildman–Crippen LogP) is 3.79. The van der Waals surface area contributed by atoms with Gasteiger partial charge in [-0.15, -0.1) is 0 Å². The molecule has 18 heavy (non-hydrogen) atoms. The van der Waals surface area contributed by atoms with Crippen LogP contribution in [0.25, 0.3) is 22.0 Å². The van der Waals surface area contributed by atoms with E-state index in [0.29, 0.717) is 0 Å². The lowest BCUT2D eigenvalue weighted by atomic mass is 10.0. The van der Waals surface area contributed by atoms with E-state index in [2.05, 4.69) is 35.3 Å². The lowest BCUT2D eigenvalue weighted by Crippen LogP contribution is -1.86. The molecule has 2 heteroatoms. The quantitative estimate of drug-likeness (QED) is 0.650. The summed E-state index contributed by atoms with van der Waals surface area (Å²) in [6, 6.07) is 18.4. The monoisotopic (exact) mass is 234 g/mol. The summed E-state index contributed by atoms with van der Waals surface area (Å²) in [5.74, 6) is 0. The van der Waals surface area contributed by atoms with Crippen molar-refractivity contribution in [1.29, 1.82) is 0 Å². The molecule has 0 saturated heterocycles. The van der Waals surface area contributed by atoms with Crippen LogP contribution in [0.4, 0.5) is 5.69 Å². The van der Waals surface area contributed by atoms with Gasteiger partial charge in [0.2, 0.25) is 0 Å². The van der Waals surface area contributed by atoms with Gasteiger partial charge in [-0.2, -0.15) is 0 Å². The molecule has 0 amide bonds. The molecule has 0 saturated carbocycles. The van der Waals surface area contributed by atoms with Crippen molar-refractivity contribution in [3.8, 4) is 11.1 Å². The molecule has 0 bridgehead atoms. The Kier molecular flexibility index (Phi) is 2.49. The molecule has 0 aliphatic carbocycles. The highest BCUT2D eigenvalue weighted by atomic mass is 14.7. The van der Waals surface area contributed by atoms with Crippen LogP contribution in [0.1, 0.15) is 5.69 Å². The number of nitrogens with zero attached hydrogens (tertiary/aromatic N) is 1. The first-order valence-corrected chi connectivity index (χ1v) is 5.96. The van der Waals surface area contributed by atoms with Gasteiger partial charge >= 0.3 is 0 Å². The minimum Gasteiger partial charge on any atom is -0.399 e. The first-order chi connectivity index (χ1) is 8.72. The number of pyridine rings is 1. The van der Waals surface area contributed by atoms with Crippen molar-refractivity contribution >= 4 is 16.6 Å². The number of aryl methyl sites for hydroxylation is 1. The van der Waals surface area contributed by atoms with Crippen LogP contribution in [0.3, 0.4) is 0 Å². The van der Waals surface area contributed by atoms with Crippen molar-refractivity contribution in [3.05, 3.63) is 60.3 Å². The Labute approximate surface area is 106 Å². The van der Waals surface area contributed by atoms with Gasteiger partial charge in [-0.1, -0.05) is 24.3 Å². The number of hydrogen-bond donors (Lipinski definition) is 1. The Hall–Kier alpha value is -2.35. The zero-order valence-electron chi connectivity index (χ0n) is 10.2. The van der Waals surface area contributed by atoms with Gasteiger partial charge in [-0.05, 0) is 48.4 Å². The summed E-state index contributed by atoms with van der Waals surface area (Å²) in [4.78, 5) is 4.50. The smallest absolute Gasteiger partial charge is 0.0705 e. The molecule has 0 aliphatic rings. The summed E-state index contributed by atoms with van der Waals surface area (Å²) >= 11 is 0. The van der Waals surface area contributed by atoms with Gasteiger partial charge in [0.1, 0.15) is 0 Å². The summed E-state index contributed by atoms with van der Waals surface area (Å²) in [7, 11) is 0. The largest absolute Gasteiger partial charge is 0.399 e. The van der Waals surface area contributed by atoms with Crippen molar-refractivity contribution < 1.29 is 0 Å². The molecule has 0 aliphatic heterocycles. The third kappa shape index (κ3) is 1.93. The maximum absolute atomic E-state index is 5.82. The van der Waals surface area contributed by atoms with Crippen LogP contribution in [-0.2, 0) is 0 Å². The highest BCUT2D eigenvalue weighted by Crippen LogP contribution is 2.25. The SMILES string of the molecule is Cc1ccc2cc(-c3cccc(N)c3)ccc2n1. The van der Waals surface area contributed by atoms with Gasteiger partial charge in [-0.25, -0.2) is 0 Å². The summed E-state index contributed by atoms with van der Waals surface area (Å²) < 4.78 is 0. The zero-order chi connectivity index (χ0) is 12.5. The molecule has 2 aromatic carbocycles. The first kappa shape index (κ1) is 10.8. The molecular weight excluding hydrogens is 220 g/mol. The fourth-order valence-corrected chi connectivity index (χ4v) is 2.13. The average molecular weight is 234 g/mol. The molecule has 0 radical (unpaired) electrons. The lowest BCUT2D eigenvalue weighted by molar-refractivity contribution is 1.26. The van der Waals surface area contributed by atoms with Gasteiger partial charge in [0.15, 0.2) is 0 Å². The normalized spacial score (nSPS) is 10.7. The Morgan fingerprint density at radius 2 is 1.72 bits per heavy atom. The molecule has 88 valence electrons. The van der Waals surface area contributed by atoms with Crippen molar-refractivity contribution in [2.75, 3.05) is 5.73 Å². The second-order valence-electron chi connectivity index (χ2n) is 4.49. The van der Waals surface area contributed by atoms with Gasteiger partial charge in [0.05, 0.1) is 5.52 Å². The Morgan fingerprint density at radius 3 is 2.56 bits per heavy atom. The molecule has 0 atom stereocenters. The molecule has 0 fully saturated rings. The van der Waals surface area contributed by atoms with Crippen LogP contribution in [0, 0.1) is 6.92 Å². The van der Waals surface area contributed by atoms with Crippen LogP contribution in [0.15, 0.2) is 54.6 Å². The van der Waals surface area contributed by atoms with E-state index in [1.165, 1.54) is 5.56 Å². The van der Waals surface area contributed by atoms with Crippen LogP contribution >= 0.6 is 0 Å². The molecule has 0 unspecified atom stereocenters. The fourth-order valence-electron chi connectivity index (χ4n) is 2.13. The number of benzene rings is 2. The van der Waals surface area contributed by atoms with E-state index in [9.17, 15) is 0 Å². The van der Waals surface area contributed by atoms with Crippen molar-refractivity contribution in [2.24, 2.45) is 0 Å². The molecule has 1 aromatic heterocycles. The van der Waals surface area contributed by atoms with E-state index in [1.54, 1.807) is 0 Å². The summed E-state index contributed by atoms with van der Waals surface area (Å²) in [5.41, 5.74) is 11.0. The molecule has 2 N–H and O–H groups in total. The second-order valence-corrected chi connectivity index (χ2v) is 4.49. The minimum atomic E-state index is 0.787. The molecular formula is C16H14N2. The summed E-state index contributed by atoms with van der Waals surface area (Å²) in [5, 5.41) is 1.15. The van der Waals surface area contributed by atoms with E-state index in [1.807, 2.05) is 31.2 Å². The Morgan fingerprint density at radius 1 is 0.889 bits per heavy atom. The van der Waals surface area contributed by atoms with E-state index in [0.717, 1.165) is 27.8 Å². The number of nitrogen functional groups attached to an aromatic ring is 1. The number of nitrogens with two attached hydrogens (primary N) is 1. The lowest BCUT2D eigenvalue weighted by Gasteiger charge is -2.05. The molecule has 3 aromatic rings. The molecule has 2 nitrogen and oxygen atoms in total. The van der Waals surface area contributed by atoms with Crippen LogP contribution in [0.2, 0.25) is 0 Å². The number of aromatic nitrogens is 1. The van der Waals surface area contributed by atoms with E-state index in [4.69, 9.17) is 5.73 Å². The molecule has 0 spiro atoms. The number of rotatable bonds is 1. The van der Waals surface area contributed by atoms with Crippen LogP contribution < -0.4 is 5.73 Å². The maximum atomic E-state index is 5.82. The summed E-state index contributed by atoms with van der Waals surface area (Å²) in [6.07, 6.45) is 0. The number of fused-ring (bicyclic) bond motifs is 1. The highest BCUT2D eigenvalue weighted by Gasteiger charge is 2.01. The molecule has 3 rings (SSSR count). The Balaban J connectivity index is 2.16. The third-order valence-electron chi connectivity index (χ3n) is 3.05. The Bertz CT molecular complexity index is 717. The van der Waals surface area contributed by atoms with Gasteiger partial charge in [0, 0.05) is 16.8 Å². The number of anilines is 1. The van der Waals surface area contributed by atoms with Crippen LogP contribution in [0.5, 0.6) is 0 Å². The number of hydrogen-bond acceptors (Lipinski definition) is 2. The zero-order valence-corrected chi connectivity index (χ0v) is 10.2. The fraction of sp³-hybridized carbons (Fsp3) is 0.0625. The third-order valence-corrected chi connectivity index (χ3v) is 3.05. The first-order valence-electron chi connectivity index (χ1n) is 5.96. The van der Waals surface area contributed by atoms with Crippen molar-refractivity contribution in [2.45, 2.75) is 6.92 Å². The van der Waals surface area contributed by atoms with E-state index >= 15 is 0 Å². The second kappa shape index (κ2) is 4.15. The van der Waals surface area contributed by atoms with Gasteiger partial charge in [0.25, 0.3) is 0 Å². The molecule has 1 heterocycles. The van der Waals surface area contributed by atoms with Crippen molar-refractivity contribution in [1.82, 2.24) is 4.98 Å². The minimum absolute atomic E-state index is 0.787. The van der Waals surface area contributed by atoms with E-state index < -0.39 is 0 Å². The average Bonchev–Trinajstić information content (AvgIpc) is 2.38. The van der Waals surface area contributed by atoms with E-state index in [-0.39, 0.29) is 0 Å². The standard InChI is InChI=1S/C16H14N2/c1-11-5-6-14-9-13(7-8-16(14)18-11)12-3-2-4-15(17)10-12/h2-10H,17H2,1H3. The maximum Gasteiger partial charge on any atom is 0.0705 e. The van der Waals surface area contributed by atoms with Gasteiger partial charge in [-0.3, -0.25) is 4.98 Å².